The molecule has 0 amide bonds. The van der Waals surface area contributed by atoms with Crippen LogP contribution in [0, 0.1) is 5.92 Å². The molecule has 2 heteroatoms. The molecule has 2 aliphatic carbocycles. The number of hydrogen-bond acceptors (Lipinski definition) is 2. The lowest BCUT2D eigenvalue weighted by Crippen LogP contribution is -2.29. The molecule has 1 aromatic heterocycles. The molecule has 0 radical (unpaired) electrons. The van der Waals surface area contributed by atoms with Gasteiger partial charge >= 0.3 is 0 Å². The highest BCUT2D eigenvalue weighted by Crippen LogP contribution is 2.47. The largest absolute Gasteiger partial charge is 0.460 e. The third kappa shape index (κ3) is 2.28. The van der Waals surface area contributed by atoms with Crippen LogP contribution in [0.2, 0.25) is 0 Å². The molecule has 0 aliphatic heterocycles. The van der Waals surface area contributed by atoms with Crippen molar-refractivity contribution in [3.63, 3.8) is 0 Å². The van der Waals surface area contributed by atoms with Crippen LogP contribution in [-0.2, 0) is 6.42 Å². The Hall–Kier alpha value is -2.61. The summed E-state index contributed by atoms with van der Waals surface area (Å²) >= 11 is 0. The number of rotatable bonds is 1. The molecule has 0 saturated heterocycles. The summed E-state index contributed by atoms with van der Waals surface area (Å²) in [6.07, 6.45) is 6.50. The van der Waals surface area contributed by atoms with Gasteiger partial charge in [-0.3, -0.25) is 4.79 Å². The van der Waals surface area contributed by atoms with Gasteiger partial charge in [-0.2, -0.15) is 0 Å². The Kier molecular flexibility index (Phi) is 3.37. The second-order valence-corrected chi connectivity index (χ2v) is 7.14. The van der Waals surface area contributed by atoms with E-state index in [4.69, 9.17) is 4.42 Å². The van der Waals surface area contributed by atoms with Crippen LogP contribution in [0.15, 0.2) is 69.9 Å². The zero-order chi connectivity index (χ0) is 16.8. The van der Waals surface area contributed by atoms with Crippen LogP contribution in [0.25, 0.3) is 16.5 Å². The number of hydrogen-bond donors (Lipinski definition) is 0. The van der Waals surface area contributed by atoms with E-state index < -0.39 is 0 Å². The lowest BCUT2D eigenvalue weighted by Gasteiger charge is -2.37. The zero-order valence-corrected chi connectivity index (χ0v) is 14.1. The maximum Gasteiger partial charge on any atom is 0.200 e. The molecule has 2 aromatic carbocycles. The normalized spacial score (nSPS) is 22.2. The zero-order valence-electron chi connectivity index (χ0n) is 14.1. The van der Waals surface area contributed by atoms with Gasteiger partial charge in [0.1, 0.15) is 11.3 Å². The molecule has 124 valence electrons. The predicted octanol–water partition coefficient (Wildman–Crippen LogP) is 5.32. The summed E-state index contributed by atoms with van der Waals surface area (Å²) in [7, 11) is 0. The second-order valence-electron chi connectivity index (χ2n) is 7.14. The van der Waals surface area contributed by atoms with Crippen molar-refractivity contribution in [1.82, 2.24) is 0 Å². The molecule has 2 aliphatic rings. The van der Waals surface area contributed by atoms with Crippen LogP contribution in [-0.4, -0.2) is 0 Å². The highest BCUT2D eigenvalue weighted by atomic mass is 16.3. The van der Waals surface area contributed by atoms with E-state index in [0.29, 0.717) is 22.8 Å². The van der Waals surface area contributed by atoms with Gasteiger partial charge < -0.3 is 4.42 Å². The summed E-state index contributed by atoms with van der Waals surface area (Å²) in [6, 6.07) is 18.3. The molecule has 0 fully saturated rings. The number of allylic oxidation sites excluding steroid dienone is 2. The molecule has 0 spiro atoms. The van der Waals surface area contributed by atoms with E-state index in [1.165, 1.54) is 17.6 Å². The first kappa shape index (κ1) is 14.7. The van der Waals surface area contributed by atoms with Crippen LogP contribution in [0.5, 0.6) is 0 Å². The van der Waals surface area contributed by atoms with E-state index in [-0.39, 0.29) is 5.43 Å². The molecular weight excluding hydrogens is 308 g/mol. The van der Waals surface area contributed by atoms with Crippen molar-refractivity contribution < 1.29 is 4.42 Å². The number of fused-ring (bicyclic) bond motifs is 4. The average molecular weight is 328 g/mol. The standard InChI is InChI=1S/C23H20O2/c24-23-18-12-6-7-13-20(18)25-21-14-19(15-8-2-1-3-9-15)16-10-4-5-11-17(16)22(21)23/h1-3,6-9,11-13,16,19H,4-5,10,14H2/t16-,19?/m1/s1. The molecule has 3 aromatic rings. The van der Waals surface area contributed by atoms with Crippen molar-refractivity contribution in [3.8, 4) is 0 Å². The molecule has 2 nitrogen and oxygen atoms in total. The molecule has 25 heavy (non-hydrogen) atoms. The van der Waals surface area contributed by atoms with Gasteiger partial charge in [0.05, 0.1) is 10.9 Å². The first-order valence-corrected chi connectivity index (χ1v) is 9.13. The second kappa shape index (κ2) is 5.73. The number of para-hydroxylation sites is 1. The van der Waals surface area contributed by atoms with Crippen molar-refractivity contribution in [2.45, 2.75) is 31.6 Å². The minimum absolute atomic E-state index is 0.140. The van der Waals surface area contributed by atoms with E-state index in [0.717, 1.165) is 30.6 Å². The topological polar surface area (TPSA) is 30.2 Å². The lowest BCUT2D eigenvalue weighted by atomic mass is 9.67. The predicted molar refractivity (Wildman–Crippen MR) is 101 cm³/mol. The van der Waals surface area contributed by atoms with Crippen LogP contribution in [0.4, 0.5) is 0 Å². The van der Waals surface area contributed by atoms with Gasteiger partial charge in [-0.05, 0) is 54.4 Å². The molecular formula is C23H20O2. The van der Waals surface area contributed by atoms with Crippen LogP contribution >= 0.6 is 0 Å². The van der Waals surface area contributed by atoms with E-state index in [9.17, 15) is 4.79 Å². The van der Waals surface area contributed by atoms with Gasteiger partial charge in [-0.1, -0.05) is 48.5 Å². The minimum atomic E-state index is 0.140. The molecule has 0 N–H and O–H groups in total. The van der Waals surface area contributed by atoms with Crippen molar-refractivity contribution in [3.05, 3.63) is 87.8 Å². The van der Waals surface area contributed by atoms with Gasteiger partial charge in [0.2, 0.25) is 0 Å². The first-order chi connectivity index (χ1) is 12.3. The third-order valence-electron chi connectivity index (χ3n) is 5.76. The van der Waals surface area contributed by atoms with E-state index >= 15 is 0 Å². The van der Waals surface area contributed by atoms with Crippen molar-refractivity contribution >= 4 is 16.5 Å². The van der Waals surface area contributed by atoms with Gasteiger partial charge in [0.15, 0.2) is 5.43 Å². The summed E-state index contributed by atoms with van der Waals surface area (Å²) in [6.45, 7) is 0. The Morgan fingerprint density at radius 2 is 1.72 bits per heavy atom. The average Bonchev–Trinajstić information content (AvgIpc) is 2.68. The fourth-order valence-electron chi connectivity index (χ4n) is 4.62. The van der Waals surface area contributed by atoms with E-state index in [1.54, 1.807) is 0 Å². The monoisotopic (exact) mass is 328 g/mol. The summed E-state index contributed by atoms with van der Waals surface area (Å²) < 4.78 is 6.22. The molecule has 2 atom stereocenters. The Morgan fingerprint density at radius 1 is 0.920 bits per heavy atom. The van der Waals surface area contributed by atoms with E-state index in [1.807, 2.05) is 24.3 Å². The Bertz CT molecular complexity index is 1030. The SMILES string of the molecule is O=c1c2c(oc3ccccc13)CC(c1ccccc1)[C@@H]1CCCC=C21. The third-order valence-corrected chi connectivity index (χ3v) is 5.76. The smallest absolute Gasteiger partial charge is 0.200 e. The molecule has 5 rings (SSSR count). The summed E-state index contributed by atoms with van der Waals surface area (Å²) in [4.78, 5) is 13.2. The number of benzene rings is 2. The van der Waals surface area contributed by atoms with Crippen molar-refractivity contribution in [1.29, 1.82) is 0 Å². The maximum absolute atomic E-state index is 13.2. The minimum Gasteiger partial charge on any atom is -0.460 e. The van der Waals surface area contributed by atoms with Crippen LogP contribution in [0.3, 0.4) is 0 Å². The molecule has 0 saturated carbocycles. The molecule has 0 bridgehead atoms. The maximum atomic E-state index is 13.2. The first-order valence-electron chi connectivity index (χ1n) is 9.13. The highest BCUT2D eigenvalue weighted by Gasteiger charge is 2.37. The Labute approximate surface area is 146 Å². The van der Waals surface area contributed by atoms with Crippen LogP contribution < -0.4 is 5.43 Å². The van der Waals surface area contributed by atoms with Crippen molar-refractivity contribution in [2.24, 2.45) is 5.92 Å². The highest BCUT2D eigenvalue weighted by molar-refractivity contribution is 5.83. The summed E-state index contributed by atoms with van der Waals surface area (Å²) in [5.41, 5.74) is 4.26. The molecule has 1 unspecified atom stereocenters. The fourth-order valence-corrected chi connectivity index (χ4v) is 4.62. The lowest BCUT2D eigenvalue weighted by molar-refractivity contribution is 0.401. The van der Waals surface area contributed by atoms with Gasteiger partial charge in [-0.25, -0.2) is 0 Å². The fraction of sp³-hybridized carbons (Fsp3) is 0.261. The quantitative estimate of drug-likeness (QED) is 0.605. The van der Waals surface area contributed by atoms with Crippen molar-refractivity contribution in [2.75, 3.05) is 0 Å². The van der Waals surface area contributed by atoms with Crippen LogP contribution in [0.1, 0.15) is 42.1 Å². The van der Waals surface area contributed by atoms with Gasteiger partial charge in [0.25, 0.3) is 0 Å². The molecule has 1 heterocycles. The van der Waals surface area contributed by atoms with Gasteiger partial charge in [0, 0.05) is 6.42 Å². The Balaban J connectivity index is 1.76. The van der Waals surface area contributed by atoms with Gasteiger partial charge in [-0.15, -0.1) is 0 Å². The summed E-state index contributed by atoms with van der Waals surface area (Å²) in [5, 5.41) is 0.699. The Morgan fingerprint density at radius 3 is 2.60 bits per heavy atom. The van der Waals surface area contributed by atoms with E-state index in [2.05, 4.69) is 36.4 Å². The summed E-state index contributed by atoms with van der Waals surface area (Å²) in [5.74, 6) is 1.68.